The lowest BCUT2D eigenvalue weighted by Crippen LogP contribution is -2.48. The number of benzene rings is 1. The van der Waals surface area contributed by atoms with E-state index in [1.165, 1.54) is 35.6 Å². The van der Waals surface area contributed by atoms with Crippen molar-refractivity contribution in [3.8, 4) is 0 Å². The number of rotatable bonds is 6. The van der Waals surface area contributed by atoms with Crippen LogP contribution in [0.5, 0.6) is 0 Å². The second-order valence-electron chi connectivity index (χ2n) is 7.02. The van der Waals surface area contributed by atoms with E-state index in [0.29, 0.717) is 6.42 Å². The Morgan fingerprint density at radius 2 is 1.43 bits per heavy atom. The van der Waals surface area contributed by atoms with Crippen molar-refractivity contribution >= 4 is 17.5 Å². The highest BCUT2D eigenvalue weighted by atomic mass is 16.6. The number of imide groups is 1. The van der Waals surface area contributed by atoms with Gasteiger partial charge < -0.3 is 0 Å². The topological polar surface area (TPSA) is 80.5 Å². The summed E-state index contributed by atoms with van der Waals surface area (Å²) in [5, 5.41) is 10.7. The maximum absolute atomic E-state index is 11.9. The SMILES string of the molecule is CC.CCC.CCC(CC(C)(C)N1C(=O)C=CC1=O)c1ccc([N+](=O)[O-])cc1. The smallest absolute Gasteiger partial charge is 0.269 e. The molecule has 1 aliphatic heterocycles. The van der Waals surface area contributed by atoms with E-state index in [1.807, 2.05) is 34.6 Å². The van der Waals surface area contributed by atoms with E-state index in [2.05, 4.69) is 13.8 Å². The molecule has 0 aromatic heterocycles. The molecular formula is C22H34N2O4. The minimum absolute atomic E-state index is 0.0527. The van der Waals surface area contributed by atoms with E-state index in [9.17, 15) is 19.7 Å². The van der Waals surface area contributed by atoms with Crippen LogP contribution in [-0.2, 0) is 9.59 Å². The minimum Gasteiger partial charge on any atom is -0.270 e. The van der Waals surface area contributed by atoms with Crippen LogP contribution in [0, 0.1) is 10.1 Å². The third-order valence-corrected chi connectivity index (χ3v) is 4.23. The lowest BCUT2D eigenvalue weighted by atomic mass is 9.83. The zero-order chi connectivity index (χ0) is 21.9. The Kier molecular flexibility index (Phi) is 11.0. The van der Waals surface area contributed by atoms with Gasteiger partial charge in [0.15, 0.2) is 0 Å². The highest BCUT2D eigenvalue weighted by molar-refractivity contribution is 6.13. The van der Waals surface area contributed by atoms with Gasteiger partial charge in [0.25, 0.3) is 17.5 Å². The van der Waals surface area contributed by atoms with E-state index in [1.54, 1.807) is 12.1 Å². The maximum atomic E-state index is 11.9. The summed E-state index contributed by atoms with van der Waals surface area (Å²) in [5.74, 6) is -0.482. The average Bonchev–Trinajstić information content (AvgIpc) is 3.01. The quantitative estimate of drug-likeness (QED) is 0.358. The molecule has 1 aromatic carbocycles. The summed E-state index contributed by atoms with van der Waals surface area (Å²) >= 11 is 0. The van der Waals surface area contributed by atoms with Crippen molar-refractivity contribution in [3.05, 3.63) is 52.1 Å². The summed E-state index contributed by atoms with van der Waals surface area (Å²) < 4.78 is 0. The molecule has 6 nitrogen and oxygen atoms in total. The van der Waals surface area contributed by atoms with Crippen molar-refractivity contribution in [2.24, 2.45) is 0 Å². The molecule has 0 aliphatic carbocycles. The van der Waals surface area contributed by atoms with Crippen LogP contribution < -0.4 is 0 Å². The summed E-state index contributed by atoms with van der Waals surface area (Å²) in [5.41, 5.74) is 0.398. The average molecular weight is 391 g/mol. The second-order valence-corrected chi connectivity index (χ2v) is 7.02. The van der Waals surface area contributed by atoms with Gasteiger partial charge in [0.1, 0.15) is 0 Å². The fourth-order valence-corrected chi connectivity index (χ4v) is 3.06. The molecule has 2 rings (SSSR count). The van der Waals surface area contributed by atoms with Crippen molar-refractivity contribution in [1.82, 2.24) is 4.90 Å². The van der Waals surface area contributed by atoms with Crippen LogP contribution in [0.1, 0.15) is 79.2 Å². The monoisotopic (exact) mass is 390 g/mol. The van der Waals surface area contributed by atoms with Gasteiger partial charge in [-0.25, -0.2) is 0 Å². The minimum atomic E-state index is -0.625. The summed E-state index contributed by atoms with van der Waals surface area (Å²) in [4.78, 5) is 35.4. The first kappa shape index (κ1) is 25.5. The van der Waals surface area contributed by atoms with Crippen LogP contribution in [0.4, 0.5) is 5.69 Å². The first-order valence-corrected chi connectivity index (χ1v) is 9.98. The largest absolute Gasteiger partial charge is 0.270 e. The molecule has 0 spiro atoms. The number of carbonyl (C=O) groups is 2. The van der Waals surface area contributed by atoms with Gasteiger partial charge in [-0.3, -0.25) is 24.6 Å². The lowest BCUT2D eigenvalue weighted by molar-refractivity contribution is -0.384. The van der Waals surface area contributed by atoms with Crippen LogP contribution in [-0.4, -0.2) is 27.2 Å². The van der Waals surface area contributed by atoms with Crippen LogP contribution in [0.2, 0.25) is 0 Å². The van der Waals surface area contributed by atoms with Gasteiger partial charge in [-0.05, 0) is 38.2 Å². The van der Waals surface area contributed by atoms with E-state index in [0.717, 1.165) is 12.0 Å². The standard InChI is InChI=1S/C17H20N2O4.C3H8.C2H6/c1-4-12(13-5-7-14(8-6-13)19(22)23)11-17(2,3)18-15(20)9-10-16(18)21;1-3-2;1-2/h5-10,12H,4,11H2,1-3H3;3H2,1-2H3;1-2H3. The molecular weight excluding hydrogens is 356 g/mol. The summed E-state index contributed by atoms with van der Waals surface area (Å²) in [6.45, 7) is 14.0. The maximum Gasteiger partial charge on any atom is 0.269 e. The van der Waals surface area contributed by atoms with Crippen LogP contribution in [0.3, 0.4) is 0 Å². The van der Waals surface area contributed by atoms with E-state index in [4.69, 9.17) is 0 Å². The molecule has 0 saturated carbocycles. The Morgan fingerprint density at radius 1 is 1.00 bits per heavy atom. The second kappa shape index (κ2) is 12.1. The molecule has 1 atom stereocenters. The Bertz CT molecular complexity index is 660. The number of nitrogens with zero attached hydrogens (tertiary/aromatic N) is 2. The van der Waals surface area contributed by atoms with Gasteiger partial charge in [0.2, 0.25) is 0 Å². The molecule has 6 heteroatoms. The van der Waals surface area contributed by atoms with Crippen molar-refractivity contribution in [2.45, 2.75) is 79.2 Å². The van der Waals surface area contributed by atoms with Crippen molar-refractivity contribution in [2.75, 3.05) is 0 Å². The lowest BCUT2D eigenvalue weighted by Gasteiger charge is -2.36. The number of amides is 2. The predicted molar refractivity (Wildman–Crippen MR) is 113 cm³/mol. The molecule has 156 valence electrons. The molecule has 0 fully saturated rings. The third-order valence-electron chi connectivity index (χ3n) is 4.23. The fourth-order valence-electron chi connectivity index (χ4n) is 3.06. The molecule has 2 amide bonds. The molecule has 0 radical (unpaired) electrons. The number of nitro groups is 1. The molecule has 0 N–H and O–H groups in total. The van der Waals surface area contributed by atoms with Gasteiger partial charge in [-0.2, -0.15) is 0 Å². The molecule has 0 saturated heterocycles. The summed E-state index contributed by atoms with van der Waals surface area (Å²) in [6, 6.07) is 6.46. The van der Waals surface area contributed by atoms with Crippen LogP contribution >= 0.6 is 0 Å². The fraction of sp³-hybridized carbons (Fsp3) is 0.545. The summed E-state index contributed by atoms with van der Waals surface area (Å²) in [6.07, 6.45) is 5.24. The number of carbonyl (C=O) groups excluding carboxylic acids is 2. The van der Waals surface area contributed by atoms with Gasteiger partial charge in [0, 0.05) is 29.8 Å². The Morgan fingerprint density at radius 3 is 1.79 bits per heavy atom. The number of hydrogen-bond donors (Lipinski definition) is 0. The first-order valence-electron chi connectivity index (χ1n) is 9.98. The Hall–Kier alpha value is -2.50. The number of nitro benzene ring substituents is 1. The molecule has 28 heavy (non-hydrogen) atoms. The molecule has 1 heterocycles. The van der Waals surface area contributed by atoms with Gasteiger partial charge in [-0.1, -0.05) is 53.2 Å². The van der Waals surface area contributed by atoms with Gasteiger partial charge in [-0.15, -0.1) is 0 Å². The van der Waals surface area contributed by atoms with Crippen LogP contribution in [0.15, 0.2) is 36.4 Å². The van der Waals surface area contributed by atoms with Crippen molar-refractivity contribution in [3.63, 3.8) is 0 Å². The van der Waals surface area contributed by atoms with Gasteiger partial charge in [0.05, 0.1) is 4.92 Å². The van der Waals surface area contributed by atoms with E-state index in [-0.39, 0.29) is 23.4 Å². The molecule has 1 aliphatic rings. The zero-order valence-electron chi connectivity index (χ0n) is 18.2. The molecule has 1 unspecified atom stereocenters. The number of non-ortho nitro benzene ring substituents is 1. The Labute approximate surface area is 168 Å². The highest BCUT2D eigenvalue weighted by Gasteiger charge is 2.38. The normalized spacial score (nSPS) is 14.0. The van der Waals surface area contributed by atoms with Crippen molar-refractivity contribution in [1.29, 1.82) is 0 Å². The molecule has 0 bridgehead atoms. The van der Waals surface area contributed by atoms with E-state index >= 15 is 0 Å². The number of hydrogen-bond acceptors (Lipinski definition) is 4. The first-order chi connectivity index (χ1) is 13.2. The highest BCUT2D eigenvalue weighted by Crippen LogP contribution is 2.34. The Balaban J connectivity index is 0.00000133. The van der Waals surface area contributed by atoms with E-state index < -0.39 is 10.5 Å². The summed E-state index contributed by atoms with van der Waals surface area (Å²) in [7, 11) is 0. The van der Waals surface area contributed by atoms with Crippen molar-refractivity contribution < 1.29 is 14.5 Å². The predicted octanol–water partition coefficient (Wildman–Crippen LogP) is 5.62. The van der Waals surface area contributed by atoms with Gasteiger partial charge >= 0.3 is 0 Å². The third kappa shape index (κ3) is 6.91. The zero-order valence-corrected chi connectivity index (χ0v) is 18.2. The molecule has 1 aromatic rings. The van der Waals surface area contributed by atoms with Crippen LogP contribution in [0.25, 0.3) is 0 Å².